The molecule has 2 aliphatic carbocycles. The lowest BCUT2D eigenvalue weighted by Gasteiger charge is -2.35. The number of rotatable bonds is 4. The third kappa shape index (κ3) is 3.36. The summed E-state index contributed by atoms with van der Waals surface area (Å²) in [5.41, 5.74) is 0. The van der Waals surface area contributed by atoms with Gasteiger partial charge >= 0.3 is 6.03 Å². The number of nitrogens with zero attached hydrogens (tertiary/aromatic N) is 1. The highest BCUT2D eigenvalue weighted by Gasteiger charge is 2.42. The van der Waals surface area contributed by atoms with Gasteiger partial charge in [-0.15, -0.1) is 0 Å². The third-order valence-electron chi connectivity index (χ3n) is 6.75. The Morgan fingerprint density at radius 3 is 3.00 bits per heavy atom. The topological polar surface area (TPSA) is 53.6 Å². The van der Waals surface area contributed by atoms with Crippen LogP contribution in [-0.4, -0.2) is 55.4 Å². The Hall–Kier alpha value is -0.810. The lowest BCUT2D eigenvalue weighted by atomic mass is 9.84. The first-order valence-electron chi connectivity index (χ1n) is 9.59. The monoisotopic (exact) mass is 321 g/mol. The van der Waals surface area contributed by atoms with Crippen molar-refractivity contribution in [1.29, 1.82) is 0 Å². The minimum absolute atomic E-state index is 0.0209. The Balaban J connectivity index is 1.18. The predicted molar refractivity (Wildman–Crippen MR) is 89.3 cm³/mol. The normalized spacial score (nSPS) is 40.8. The van der Waals surface area contributed by atoms with Gasteiger partial charge in [0.2, 0.25) is 0 Å². The van der Waals surface area contributed by atoms with Crippen LogP contribution in [0.5, 0.6) is 0 Å². The van der Waals surface area contributed by atoms with Crippen LogP contribution in [0.25, 0.3) is 0 Å². The fraction of sp³-hybridized carbons (Fsp3) is 0.944. The lowest BCUT2D eigenvalue weighted by molar-refractivity contribution is -0.0458. The molecule has 0 unspecified atom stereocenters. The zero-order valence-electron chi connectivity index (χ0n) is 14.3. The van der Waals surface area contributed by atoms with E-state index in [1.807, 2.05) is 0 Å². The molecule has 2 saturated carbocycles. The number of nitrogens with one attached hydrogen (secondary N) is 2. The summed E-state index contributed by atoms with van der Waals surface area (Å²) in [7, 11) is 0. The quantitative estimate of drug-likeness (QED) is 0.832. The second-order valence-corrected chi connectivity index (χ2v) is 8.23. The van der Waals surface area contributed by atoms with Crippen molar-refractivity contribution in [1.82, 2.24) is 15.5 Å². The molecule has 130 valence electrons. The average molecular weight is 321 g/mol. The van der Waals surface area contributed by atoms with Gasteiger partial charge in [-0.25, -0.2) is 4.79 Å². The van der Waals surface area contributed by atoms with Gasteiger partial charge in [0.05, 0.1) is 12.7 Å². The van der Waals surface area contributed by atoms with Crippen molar-refractivity contribution in [2.24, 2.45) is 17.8 Å². The van der Waals surface area contributed by atoms with E-state index in [9.17, 15) is 4.79 Å². The predicted octanol–water partition coefficient (Wildman–Crippen LogP) is 1.97. The molecule has 0 radical (unpaired) electrons. The molecule has 2 bridgehead atoms. The Labute approximate surface area is 139 Å². The van der Waals surface area contributed by atoms with Crippen molar-refractivity contribution in [3.8, 4) is 0 Å². The molecule has 5 heteroatoms. The van der Waals surface area contributed by atoms with Crippen molar-refractivity contribution in [3.05, 3.63) is 0 Å². The third-order valence-corrected chi connectivity index (χ3v) is 6.75. The molecule has 4 fully saturated rings. The molecule has 2 saturated heterocycles. The molecule has 4 rings (SSSR count). The molecule has 5 nitrogen and oxygen atoms in total. The summed E-state index contributed by atoms with van der Waals surface area (Å²) in [4.78, 5) is 14.7. The zero-order chi connectivity index (χ0) is 15.8. The molecule has 0 aromatic heterocycles. The van der Waals surface area contributed by atoms with Gasteiger partial charge in [0.25, 0.3) is 0 Å². The van der Waals surface area contributed by atoms with Crippen LogP contribution in [0.3, 0.4) is 0 Å². The number of carbonyl (C=O) groups excluding carboxylic acids is 1. The maximum Gasteiger partial charge on any atom is 0.315 e. The van der Waals surface area contributed by atoms with Crippen LogP contribution < -0.4 is 10.6 Å². The molecule has 0 aromatic carbocycles. The van der Waals surface area contributed by atoms with Crippen LogP contribution in [0.2, 0.25) is 0 Å². The van der Waals surface area contributed by atoms with Gasteiger partial charge in [-0.1, -0.05) is 6.42 Å². The minimum Gasteiger partial charge on any atom is -0.373 e. The standard InChI is InChI=1S/C18H31N3O2/c1-12(17-8-13-4-5-14(17)7-13)20-18(22)19-9-16-10-21-6-2-3-15(21)11-23-16/h12-17H,2-11H2,1H3,(H2,19,20,22)/t12-,13-,14-,15+,16+,17-/m0/s1. The number of morpholine rings is 1. The molecule has 2 N–H and O–H groups in total. The van der Waals surface area contributed by atoms with E-state index in [0.29, 0.717) is 24.5 Å². The number of fused-ring (bicyclic) bond motifs is 3. The Kier molecular flexibility index (Phi) is 4.50. The number of hydrogen-bond acceptors (Lipinski definition) is 3. The molecule has 2 heterocycles. The van der Waals surface area contributed by atoms with E-state index in [-0.39, 0.29) is 12.1 Å². The second kappa shape index (κ2) is 6.60. The van der Waals surface area contributed by atoms with Gasteiger partial charge in [0.1, 0.15) is 0 Å². The zero-order valence-corrected chi connectivity index (χ0v) is 14.3. The van der Waals surface area contributed by atoms with Crippen molar-refractivity contribution in [2.45, 2.75) is 63.6 Å². The summed E-state index contributed by atoms with van der Waals surface area (Å²) < 4.78 is 5.90. The van der Waals surface area contributed by atoms with Gasteiger partial charge in [-0.05, 0) is 63.3 Å². The lowest BCUT2D eigenvalue weighted by Crippen LogP contribution is -2.52. The fourth-order valence-corrected chi connectivity index (χ4v) is 5.49. The van der Waals surface area contributed by atoms with Crippen LogP contribution in [-0.2, 0) is 4.74 Å². The van der Waals surface area contributed by atoms with E-state index in [4.69, 9.17) is 4.74 Å². The summed E-state index contributed by atoms with van der Waals surface area (Å²) in [6.45, 7) is 5.79. The largest absolute Gasteiger partial charge is 0.373 e. The number of hydrogen-bond donors (Lipinski definition) is 2. The molecule has 2 amide bonds. The molecule has 4 aliphatic rings. The highest BCUT2D eigenvalue weighted by Crippen LogP contribution is 2.49. The van der Waals surface area contributed by atoms with Crippen LogP contribution >= 0.6 is 0 Å². The van der Waals surface area contributed by atoms with Crippen molar-refractivity contribution in [2.75, 3.05) is 26.2 Å². The highest BCUT2D eigenvalue weighted by atomic mass is 16.5. The number of urea groups is 1. The van der Waals surface area contributed by atoms with Crippen molar-refractivity contribution < 1.29 is 9.53 Å². The maximum atomic E-state index is 12.2. The molecular weight excluding hydrogens is 290 g/mol. The highest BCUT2D eigenvalue weighted by molar-refractivity contribution is 5.74. The van der Waals surface area contributed by atoms with E-state index in [0.717, 1.165) is 25.0 Å². The van der Waals surface area contributed by atoms with E-state index >= 15 is 0 Å². The second-order valence-electron chi connectivity index (χ2n) is 8.23. The Morgan fingerprint density at radius 2 is 2.22 bits per heavy atom. The van der Waals surface area contributed by atoms with Gasteiger partial charge in [0, 0.05) is 25.2 Å². The first-order valence-corrected chi connectivity index (χ1v) is 9.59. The molecule has 2 aliphatic heterocycles. The fourth-order valence-electron chi connectivity index (χ4n) is 5.49. The number of ether oxygens (including phenoxy) is 1. The van der Waals surface area contributed by atoms with Crippen LogP contribution in [0, 0.1) is 17.8 Å². The maximum absolute atomic E-state index is 12.2. The van der Waals surface area contributed by atoms with Crippen LogP contribution in [0.1, 0.15) is 45.4 Å². The minimum atomic E-state index is -0.0209. The first kappa shape index (κ1) is 15.7. The summed E-state index contributed by atoms with van der Waals surface area (Å²) >= 11 is 0. The Bertz CT molecular complexity index is 444. The van der Waals surface area contributed by atoms with Crippen molar-refractivity contribution >= 4 is 6.03 Å². The molecule has 23 heavy (non-hydrogen) atoms. The number of amides is 2. The molecular formula is C18H31N3O2. The first-order chi connectivity index (χ1) is 11.2. The van der Waals surface area contributed by atoms with Crippen LogP contribution in [0.4, 0.5) is 4.79 Å². The molecule has 0 aromatic rings. The van der Waals surface area contributed by atoms with E-state index in [1.54, 1.807) is 0 Å². The van der Waals surface area contributed by atoms with E-state index < -0.39 is 0 Å². The molecule has 0 spiro atoms. The van der Waals surface area contributed by atoms with Gasteiger partial charge in [0.15, 0.2) is 0 Å². The van der Waals surface area contributed by atoms with Crippen LogP contribution in [0.15, 0.2) is 0 Å². The van der Waals surface area contributed by atoms with Gasteiger partial charge < -0.3 is 15.4 Å². The molecule has 6 atom stereocenters. The van der Waals surface area contributed by atoms with Gasteiger partial charge in [-0.2, -0.15) is 0 Å². The summed E-state index contributed by atoms with van der Waals surface area (Å²) in [6, 6.07) is 0.894. The smallest absolute Gasteiger partial charge is 0.315 e. The van der Waals surface area contributed by atoms with Gasteiger partial charge in [-0.3, -0.25) is 4.90 Å². The van der Waals surface area contributed by atoms with E-state index in [1.165, 1.54) is 45.1 Å². The summed E-state index contributed by atoms with van der Waals surface area (Å²) in [5, 5.41) is 6.20. The number of carbonyl (C=O) groups is 1. The SMILES string of the molecule is C[C@H](NC(=O)NC[C@@H]1CN2CCC[C@@H]2CO1)[C@@H]1C[C@H]2CC[C@H]1C2. The Morgan fingerprint density at radius 1 is 1.30 bits per heavy atom. The van der Waals surface area contributed by atoms with E-state index in [2.05, 4.69) is 22.5 Å². The summed E-state index contributed by atoms with van der Waals surface area (Å²) in [6.07, 6.45) is 8.19. The average Bonchev–Trinajstić information content (AvgIpc) is 3.28. The van der Waals surface area contributed by atoms with Crippen molar-refractivity contribution in [3.63, 3.8) is 0 Å². The summed E-state index contributed by atoms with van der Waals surface area (Å²) in [5.74, 6) is 2.47.